The molecule has 1 aliphatic heterocycles. The molecule has 0 radical (unpaired) electrons. The van der Waals surface area contributed by atoms with E-state index in [-0.39, 0.29) is 23.5 Å². The van der Waals surface area contributed by atoms with Gasteiger partial charge in [-0.2, -0.15) is 0 Å². The van der Waals surface area contributed by atoms with Gasteiger partial charge in [0.2, 0.25) is 0 Å². The lowest BCUT2D eigenvalue weighted by Gasteiger charge is -2.34. The van der Waals surface area contributed by atoms with Gasteiger partial charge in [-0.25, -0.2) is 13.1 Å². The number of piperidine rings is 1. The summed E-state index contributed by atoms with van der Waals surface area (Å²) in [6.45, 7) is 1.71. The molecule has 40 heavy (non-hydrogen) atoms. The summed E-state index contributed by atoms with van der Waals surface area (Å²) in [5.74, 6) is -0.222. The average Bonchev–Trinajstić information content (AvgIpc) is 3.35. The van der Waals surface area contributed by atoms with Crippen LogP contribution >= 0.6 is 23.9 Å². The molecule has 1 amide bonds. The van der Waals surface area contributed by atoms with Gasteiger partial charge in [0.05, 0.1) is 11.3 Å². The van der Waals surface area contributed by atoms with Crippen molar-refractivity contribution in [3.8, 4) is 11.3 Å². The molecule has 2 heterocycles. The zero-order valence-corrected chi connectivity index (χ0v) is 24.5. The first-order chi connectivity index (χ1) is 19.4. The number of aliphatic hydroxyl groups is 1. The molecule has 10 heteroatoms. The number of carbonyl (C=O) groups is 1. The maximum Gasteiger partial charge on any atom is 0.255 e. The molecule has 1 fully saturated rings. The van der Waals surface area contributed by atoms with Crippen LogP contribution in [0.25, 0.3) is 22.3 Å². The number of nitrogens with zero attached hydrogens (tertiary/aromatic N) is 2. The molecular formula is C30H33F2N3O3S2. The Morgan fingerprint density at radius 2 is 1.85 bits per heavy atom. The van der Waals surface area contributed by atoms with Gasteiger partial charge in [-0.1, -0.05) is 18.0 Å². The highest BCUT2D eigenvalue weighted by Crippen LogP contribution is 2.43. The molecule has 5 rings (SSSR count). The highest BCUT2D eigenvalue weighted by molar-refractivity contribution is 7.99. The summed E-state index contributed by atoms with van der Waals surface area (Å²) in [6, 6.07) is 16.7. The van der Waals surface area contributed by atoms with E-state index in [0.29, 0.717) is 22.5 Å². The van der Waals surface area contributed by atoms with Crippen LogP contribution < -0.4 is 9.62 Å². The van der Waals surface area contributed by atoms with Gasteiger partial charge in [-0.3, -0.25) is 4.79 Å². The number of fused-ring (bicyclic) bond motifs is 1. The molecule has 2 N–H and O–H groups in total. The van der Waals surface area contributed by atoms with Crippen LogP contribution in [0.4, 0.5) is 14.5 Å². The standard InChI is InChI=1S/C29H29F2N3O2S2.CH4O/c1-32-29(35)27-24-15-23(19-6-5-13-34(17-19)38-22-8-4-7-21(31)14-22)25(33(2)37-3)16-26(24)36-28(27)18-9-11-20(30)12-10-18;1-2/h4,7-12,14-16,19H,5-6,13,17H2,1-3H3,(H,32,35);2H,1H3/t19-;/m1./s1. The van der Waals surface area contributed by atoms with Gasteiger partial charge in [0.25, 0.3) is 5.91 Å². The Morgan fingerprint density at radius 3 is 2.52 bits per heavy atom. The number of carbonyl (C=O) groups excluding carboxylic acids is 1. The lowest BCUT2D eigenvalue weighted by atomic mass is 9.89. The predicted molar refractivity (Wildman–Crippen MR) is 161 cm³/mol. The van der Waals surface area contributed by atoms with E-state index in [9.17, 15) is 13.6 Å². The van der Waals surface area contributed by atoms with Gasteiger partial charge in [-0.15, -0.1) is 0 Å². The fraction of sp³-hybridized carbons (Fsp3) is 0.300. The van der Waals surface area contributed by atoms with Crippen LogP contribution in [0.1, 0.15) is 34.7 Å². The Balaban J connectivity index is 0.00000181. The van der Waals surface area contributed by atoms with Crippen molar-refractivity contribution in [2.24, 2.45) is 0 Å². The molecule has 0 aliphatic carbocycles. The number of hydrogen-bond acceptors (Lipinski definition) is 7. The number of aliphatic hydroxyl groups excluding tert-OH is 1. The zero-order chi connectivity index (χ0) is 28.8. The highest BCUT2D eigenvalue weighted by Gasteiger charge is 2.29. The lowest BCUT2D eigenvalue weighted by Crippen LogP contribution is -2.29. The molecule has 0 saturated carbocycles. The molecule has 1 atom stereocenters. The van der Waals surface area contributed by atoms with E-state index < -0.39 is 0 Å². The van der Waals surface area contributed by atoms with Gasteiger partial charge in [0.15, 0.2) is 0 Å². The quantitative estimate of drug-likeness (QED) is 0.228. The second kappa shape index (κ2) is 13.5. The average molecular weight is 586 g/mol. The predicted octanol–water partition coefficient (Wildman–Crippen LogP) is 6.95. The number of hydrogen-bond donors (Lipinski definition) is 2. The van der Waals surface area contributed by atoms with Crippen molar-refractivity contribution in [2.75, 3.05) is 44.9 Å². The third kappa shape index (κ3) is 6.46. The summed E-state index contributed by atoms with van der Waals surface area (Å²) >= 11 is 3.18. The van der Waals surface area contributed by atoms with E-state index >= 15 is 0 Å². The van der Waals surface area contributed by atoms with Crippen molar-refractivity contribution >= 4 is 46.5 Å². The lowest BCUT2D eigenvalue weighted by molar-refractivity contribution is 0.0964. The smallest absolute Gasteiger partial charge is 0.255 e. The third-order valence-corrected chi connectivity index (χ3v) is 8.66. The number of rotatable bonds is 7. The van der Waals surface area contributed by atoms with Crippen LogP contribution in [0.3, 0.4) is 0 Å². The number of nitrogens with one attached hydrogen (secondary N) is 1. The van der Waals surface area contributed by atoms with E-state index in [1.807, 2.05) is 25.4 Å². The highest BCUT2D eigenvalue weighted by atomic mass is 32.2. The monoisotopic (exact) mass is 585 g/mol. The second-order valence-electron chi connectivity index (χ2n) is 9.26. The maximum absolute atomic E-state index is 13.8. The van der Waals surface area contributed by atoms with E-state index in [1.54, 1.807) is 55.2 Å². The topological polar surface area (TPSA) is 69.0 Å². The van der Waals surface area contributed by atoms with E-state index in [0.717, 1.165) is 54.6 Å². The molecule has 4 aromatic rings. The molecule has 1 aromatic heterocycles. The van der Waals surface area contributed by atoms with Crippen LogP contribution in [-0.4, -0.2) is 55.9 Å². The molecule has 0 bridgehead atoms. The Kier molecular flexibility index (Phi) is 10.1. The van der Waals surface area contributed by atoms with Crippen molar-refractivity contribution in [1.82, 2.24) is 9.62 Å². The molecule has 1 aliphatic rings. The summed E-state index contributed by atoms with van der Waals surface area (Å²) in [6.07, 6.45) is 4.02. The van der Waals surface area contributed by atoms with Gasteiger partial charge in [-0.05, 0) is 84.8 Å². The van der Waals surface area contributed by atoms with Crippen molar-refractivity contribution in [1.29, 1.82) is 0 Å². The number of anilines is 1. The Labute approximate surface area is 242 Å². The second-order valence-corrected chi connectivity index (χ2v) is 11.3. The van der Waals surface area contributed by atoms with Gasteiger partial charge in [0, 0.05) is 62.5 Å². The van der Waals surface area contributed by atoms with Crippen molar-refractivity contribution < 1.29 is 23.1 Å². The maximum atomic E-state index is 13.8. The first-order valence-corrected chi connectivity index (χ1v) is 14.8. The largest absolute Gasteiger partial charge is 0.455 e. The zero-order valence-electron chi connectivity index (χ0n) is 22.9. The summed E-state index contributed by atoms with van der Waals surface area (Å²) in [7, 11) is 4.61. The number of amides is 1. The molecule has 0 spiro atoms. The molecule has 212 valence electrons. The number of halogens is 2. The summed E-state index contributed by atoms with van der Waals surface area (Å²) in [5.41, 5.74) is 3.84. The van der Waals surface area contributed by atoms with Crippen LogP contribution in [0.15, 0.2) is 70.0 Å². The molecule has 3 aromatic carbocycles. The van der Waals surface area contributed by atoms with Gasteiger partial charge in [0.1, 0.15) is 23.0 Å². The van der Waals surface area contributed by atoms with Crippen LogP contribution in [-0.2, 0) is 0 Å². The van der Waals surface area contributed by atoms with E-state index in [4.69, 9.17) is 9.52 Å². The molecular weight excluding hydrogens is 552 g/mol. The Bertz CT molecular complexity index is 1460. The van der Waals surface area contributed by atoms with Gasteiger partial charge >= 0.3 is 0 Å². The van der Waals surface area contributed by atoms with Crippen molar-refractivity contribution in [3.63, 3.8) is 0 Å². The summed E-state index contributed by atoms with van der Waals surface area (Å²) in [5, 5.41) is 10.5. The normalized spacial score (nSPS) is 15.4. The molecule has 0 unspecified atom stereocenters. The Hall–Kier alpha value is -3.05. The SMILES string of the molecule is CNC(=O)c1c(-c2ccc(F)cc2)oc2cc(N(C)SC)c([C@@H]3CCCN(Sc4cccc(F)c4)C3)cc12.CO. The van der Waals surface area contributed by atoms with Crippen LogP contribution in [0.5, 0.6) is 0 Å². The summed E-state index contributed by atoms with van der Waals surface area (Å²) < 4.78 is 38.0. The van der Waals surface area contributed by atoms with Crippen molar-refractivity contribution in [2.45, 2.75) is 23.7 Å². The Morgan fingerprint density at radius 1 is 1.10 bits per heavy atom. The van der Waals surface area contributed by atoms with Crippen LogP contribution in [0.2, 0.25) is 0 Å². The molecule has 6 nitrogen and oxygen atoms in total. The van der Waals surface area contributed by atoms with Crippen LogP contribution in [0, 0.1) is 11.6 Å². The van der Waals surface area contributed by atoms with Crippen molar-refractivity contribution in [3.05, 3.63) is 83.4 Å². The first-order valence-electron chi connectivity index (χ1n) is 12.9. The minimum Gasteiger partial charge on any atom is -0.455 e. The molecule has 1 saturated heterocycles. The van der Waals surface area contributed by atoms with E-state index in [2.05, 4.69) is 20.0 Å². The van der Waals surface area contributed by atoms with Gasteiger partial charge < -0.3 is 19.1 Å². The van der Waals surface area contributed by atoms with E-state index in [1.165, 1.54) is 18.2 Å². The minimum atomic E-state index is -0.351. The summed E-state index contributed by atoms with van der Waals surface area (Å²) in [4.78, 5) is 14.0. The fourth-order valence-corrected chi connectivity index (χ4v) is 6.39. The first kappa shape index (κ1) is 29.9. The minimum absolute atomic E-state index is 0.209. The number of furan rings is 1. The number of benzene rings is 3. The third-order valence-electron chi connectivity index (χ3n) is 6.87. The fourth-order valence-electron chi connectivity index (χ4n) is 4.95.